The molecule has 0 saturated carbocycles. The highest BCUT2D eigenvalue weighted by Crippen LogP contribution is 2.49. The van der Waals surface area contributed by atoms with Gasteiger partial charge >= 0.3 is 13.7 Å². The Balaban J connectivity index is 1.46. The molecule has 3 heterocycles. The summed E-state index contributed by atoms with van der Waals surface area (Å²) in [6.07, 6.45) is -9.17. The van der Waals surface area contributed by atoms with Crippen LogP contribution in [0.25, 0.3) is 21.9 Å². The largest absolute Gasteiger partial charge is 0.462 e. The Morgan fingerprint density at radius 2 is 1.93 bits per heavy atom. The summed E-state index contributed by atoms with van der Waals surface area (Å²) >= 11 is 0. The fourth-order valence-electron chi connectivity index (χ4n) is 4.79. The molecule has 1 fully saturated rings. The maximum atomic E-state index is 14.8. The Kier molecular flexibility index (Phi) is 8.95. The van der Waals surface area contributed by atoms with Gasteiger partial charge in [0.1, 0.15) is 24.0 Å². The number of aliphatic hydroxyl groups is 2. The standard InChI is InChI=1S/C27H31F2N6O9P/c1-13(2)42-24(39)14(3)34-45(40,44-17-9-8-15-6-4-5-7-16(15)10-17)41-11-27(25(28)29)20(37)19(36)23(43-27)35-12-31-18-21(35)32-26(30)33-22(18)38/h4-10,12-14,19-20,23,25,36-37H,11H2,1-3H3,(H,34,40)(H3,30,32,33,38)/t14-,19+,20-,23+,27+,45-/m0/s1. The summed E-state index contributed by atoms with van der Waals surface area (Å²) in [4.78, 5) is 34.8. The molecule has 15 nitrogen and oxygen atoms in total. The first-order valence-corrected chi connectivity index (χ1v) is 15.2. The molecule has 6 N–H and O–H groups in total. The number of halogens is 2. The number of nitrogens with one attached hydrogen (secondary N) is 2. The highest BCUT2D eigenvalue weighted by atomic mass is 31.2. The summed E-state index contributed by atoms with van der Waals surface area (Å²) in [5.41, 5.74) is 1.42. The van der Waals surface area contributed by atoms with Crippen molar-refractivity contribution in [2.45, 2.75) is 63.4 Å². The number of alkyl halides is 2. The fourth-order valence-corrected chi connectivity index (χ4v) is 6.31. The average molecular weight is 653 g/mol. The summed E-state index contributed by atoms with van der Waals surface area (Å²) in [6.45, 7) is 3.20. The third kappa shape index (κ3) is 6.40. The van der Waals surface area contributed by atoms with Crippen molar-refractivity contribution in [3.05, 3.63) is 59.1 Å². The van der Waals surface area contributed by atoms with Gasteiger partial charge in [-0.2, -0.15) is 10.1 Å². The van der Waals surface area contributed by atoms with Crippen LogP contribution in [0.1, 0.15) is 27.0 Å². The van der Waals surface area contributed by atoms with E-state index in [1.54, 1.807) is 32.0 Å². The van der Waals surface area contributed by atoms with E-state index in [0.717, 1.165) is 16.3 Å². The van der Waals surface area contributed by atoms with Crippen molar-refractivity contribution >= 4 is 41.6 Å². The molecule has 45 heavy (non-hydrogen) atoms. The number of aromatic amines is 1. The topological polar surface area (TPSA) is 213 Å². The molecule has 2 aromatic carbocycles. The van der Waals surface area contributed by atoms with Crippen LogP contribution in [0.3, 0.4) is 0 Å². The molecule has 1 saturated heterocycles. The third-order valence-corrected chi connectivity index (χ3v) is 8.64. The minimum absolute atomic E-state index is 0.00428. The number of aliphatic hydroxyl groups excluding tert-OH is 2. The first-order valence-electron chi connectivity index (χ1n) is 13.7. The quantitative estimate of drug-likeness (QED) is 0.116. The number of nitrogens with zero attached hydrogens (tertiary/aromatic N) is 3. The molecule has 4 aromatic rings. The molecule has 242 valence electrons. The lowest BCUT2D eigenvalue weighted by atomic mass is 9.96. The normalized spacial score (nSPS) is 23.9. The van der Waals surface area contributed by atoms with Crippen LogP contribution in [-0.2, 0) is 23.4 Å². The lowest BCUT2D eigenvalue weighted by Gasteiger charge is -2.32. The van der Waals surface area contributed by atoms with Gasteiger partial charge < -0.3 is 29.9 Å². The maximum absolute atomic E-state index is 14.8. The van der Waals surface area contributed by atoms with Crippen LogP contribution in [0.4, 0.5) is 14.7 Å². The molecule has 0 radical (unpaired) electrons. The summed E-state index contributed by atoms with van der Waals surface area (Å²) in [5.74, 6) is -1.15. The number of hydrogen-bond acceptors (Lipinski definition) is 12. The van der Waals surface area contributed by atoms with E-state index in [0.29, 0.717) is 5.39 Å². The van der Waals surface area contributed by atoms with E-state index in [9.17, 15) is 33.1 Å². The Morgan fingerprint density at radius 3 is 2.62 bits per heavy atom. The second kappa shape index (κ2) is 12.4. The van der Waals surface area contributed by atoms with Crippen LogP contribution in [0.15, 0.2) is 53.6 Å². The molecule has 2 aromatic heterocycles. The molecule has 5 rings (SSSR count). The average Bonchev–Trinajstić information content (AvgIpc) is 3.50. The molecular weight excluding hydrogens is 621 g/mol. The molecule has 0 bridgehead atoms. The van der Waals surface area contributed by atoms with Crippen molar-refractivity contribution in [3.63, 3.8) is 0 Å². The highest BCUT2D eigenvalue weighted by molar-refractivity contribution is 7.52. The van der Waals surface area contributed by atoms with Gasteiger partial charge in [-0.1, -0.05) is 30.3 Å². The van der Waals surface area contributed by atoms with Crippen molar-refractivity contribution < 1.29 is 46.9 Å². The molecule has 6 atom stereocenters. The van der Waals surface area contributed by atoms with Crippen molar-refractivity contribution in [2.24, 2.45) is 0 Å². The van der Waals surface area contributed by atoms with Gasteiger partial charge in [0.05, 0.1) is 19.0 Å². The number of nitrogens with two attached hydrogens (primary N) is 1. The highest BCUT2D eigenvalue weighted by Gasteiger charge is 2.61. The van der Waals surface area contributed by atoms with Gasteiger partial charge in [-0.15, -0.1) is 0 Å². The van der Waals surface area contributed by atoms with E-state index in [1.165, 1.54) is 19.1 Å². The molecule has 0 amide bonds. The smallest absolute Gasteiger partial charge is 0.459 e. The summed E-state index contributed by atoms with van der Waals surface area (Å²) < 4.78 is 66.4. The van der Waals surface area contributed by atoms with Crippen LogP contribution in [0.2, 0.25) is 0 Å². The van der Waals surface area contributed by atoms with Gasteiger partial charge in [0.2, 0.25) is 5.95 Å². The van der Waals surface area contributed by atoms with Gasteiger partial charge in [-0.3, -0.25) is 23.7 Å². The van der Waals surface area contributed by atoms with Gasteiger partial charge in [-0.05, 0) is 43.7 Å². The van der Waals surface area contributed by atoms with Crippen molar-refractivity contribution in [1.29, 1.82) is 0 Å². The van der Waals surface area contributed by atoms with Crippen LogP contribution >= 0.6 is 7.75 Å². The number of rotatable bonds is 11. The Morgan fingerprint density at radius 1 is 1.22 bits per heavy atom. The number of fused-ring (bicyclic) bond motifs is 2. The number of anilines is 1. The Bertz CT molecular complexity index is 1820. The molecule has 0 spiro atoms. The zero-order valence-corrected chi connectivity index (χ0v) is 25.1. The Labute approximate surface area is 253 Å². The minimum Gasteiger partial charge on any atom is -0.462 e. The molecule has 1 aliphatic heterocycles. The van der Waals surface area contributed by atoms with Gasteiger partial charge in [0, 0.05) is 0 Å². The predicted molar refractivity (Wildman–Crippen MR) is 155 cm³/mol. The number of nitrogen functional groups attached to an aromatic ring is 1. The SMILES string of the molecule is CC(C)OC(=O)[C@H](C)N[P@](=O)(OC[C@@]1(C(F)F)O[C@@H](n2cnc3c(=O)[nH]c(N)nc32)[C@H](O)[C@@H]1O)Oc1ccc2ccccc2c1. The first-order chi connectivity index (χ1) is 21.2. The molecule has 0 unspecified atom stereocenters. The van der Waals surface area contributed by atoms with Gasteiger partial charge in [0.25, 0.3) is 12.0 Å². The van der Waals surface area contributed by atoms with Crippen molar-refractivity contribution in [2.75, 3.05) is 12.3 Å². The van der Waals surface area contributed by atoms with E-state index in [-0.39, 0.29) is 22.9 Å². The fraction of sp³-hybridized carbons (Fsp3) is 0.407. The Hall–Kier alpha value is -3.99. The molecular formula is C27H31F2N6O9P. The summed E-state index contributed by atoms with van der Waals surface area (Å²) in [5, 5.41) is 25.7. The van der Waals surface area contributed by atoms with Crippen LogP contribution in [0.5, 0.6) is 5.75 Å². The van der Waals surface area contributed by atoms with Crippen LogP contribution in [-0.4, -0.2) is 78.7 Å². The number of aromatic nitrogens is 4. The lowest BCUT2D eigenvalue weighted by molar-refractivity contribution is -0.191. The van der Waals surface area contributed by atoms with E-state index < -0.39 is 68.5 Å². The third-order valence-electron chi connectivity index (χ3n) is 7.01. The zero-order valence-electron chi connectivity index (χ0n) is 24.2. The second-order valence-corrected chi connectivity index (χ2v) is 12.4. The lowest BCUT2D eigenvalue weighted by Crippen LogP contribution is -2.53. The monoisotopic (exact) mass is 652 g/mol. The van der Waals surface area contributed by atoms with Crippen molar-refractivity contribution in [3.8, 4) is 5.75 Å². The number of carbonyl (C=O) groups excluding carboxylic acids is 1. The summed E-state index contributed by atoms with van der Waals surface area (Å²) in [7, 11) is -4.74. The summed E-state index contributed by atoms with van der Waals surface area (Å²) in [6, 6.07) is 10.5. The molecule has 1 aliphatic rings. The number of H-pyrrole nitrogens is 1. The predicted octanol–water partition coefficient (Wildman–Crippen LogP) is 2.24. The molecule has 0 aliphatic carbocycles. The second-order valence-electron chi connectivity index (χ2n) is 10.7. The van der Waals surface area contributed by atoms with E-state index in [2.05, 4.69) is 20.0 Å². The van der Waals surface area contributed by atoms with Crippen molar-refractivity contribution in [1.82, 2.24) is 24.6 Å². The number of hydrogen-bond donors (Lipinski definition) is 5. The van der Waals surface area contributed by atoms with Gasteiger partial charge in [0.15, 0.2) is 23.0 Å². The first kappa shape index (κ1) is 32.4. The number of imidazole rings is 1. The molecule has 18 heteroatoms. The zero-order chi connectivity index (χ0) is 32.7. The minimum atomic E-state index is -4.74. The maximum Gasteiger partial charge on any atom is 0.459 e. The number of ether oxygens (including phenoxy) is 2. The van der Waals surface area contributed by atoms with Gasteiger partial charge in [-0.25, -0.2) is 18.3 Å². The van der Waals surface area contributed by atoms with Crippen LogP contribution < -0.4 is 20.9 Å². The number of esters is 1. The van der Waals surface area contributed by atoms with Crippen LogP contribution in [0, 0.1) is 0 Å². The van der Waals surface area contributed by atoms with E-state index in [1.807, 2.05) is 12.1 Å². The number of carbonyl (C=O) groups is 1. The van der Waals surface area contributed by atoms with E-state index in [4.69, 9.17) is 24.3 Å². The number of benzene rings is 2. The van der Waals surface area contributed by atoms with E-state index >= 15 is 0 Å².